The molecule has 0 bridgehead atoms. The highest BCUT2D eigenvalue weighted by Gasteiger charge is 2.31. The van der Waals surface area contributed by atoms with Gasteiger partial charge < -0.3 is 4.99 Å². The van der Waals surface area contributed by atoms with E-state index in [1.807, 2.05) is 0 Å². The number of hydrogen-bond donors (Lipinski definition) is 0. The Hall–Kier alpha value is -0.330. The molecule has 0 unspecified atom stereocenters. The molecule has 0 radical (unpaired) electrons. The molecule has 1 saturated carbocycles. The van der Waals surface area contributed by atoms with Crippen LogP contribution in [0.15, 0.2) is 4.99 Å². The standard InChI is InChI=1S/C10H19N/c1-3-6-10(9-11-2)7-4-5-8-10/h2-9H2,1H3. The summed E-state index contributed by atoms with van der Waals surface area (Å²) in [7, 11) is 0. The monoisotopic (exact) mass is 153 g/mol. The van der Waals surface area contributed by atoms with E-state index >= 15 is 0 Å². The van der Waals surface area contributed by atoms with Crippen LogP contribution in [-0.4, -0.2) is 13.3 Å². The molecule has 0 amide bonds. The van der Waals surface area contributed by atoms with Crippen LogP contribution in [0.4, 0.5) is 0 Å². The summed E-state index contributed by atoms with van der Waals surface area (Å²) < 4.78 is 0. The Morgan fingerprint density at radius 3 is 2.45 bits per heavy atom. The Labute approximate surface area is 69.9 Å². The van der Waals surface area contributed by atoms with Crippen molar-refractivity contribution in [3.63, 3.8) is 0 Å². The van der Waals surface area contributed by atoms with E-state index in [9.17, 15) is 0 Å². The Balaban J connectivity index is 2.46. The van der Waals surface area contributed by atoms with Crippen molar-refractivity contribution in [1.29, 1.82) is 0 Å². The minimum Gasteiger partial charge on any atom is -0.300 e. The summed E-state index contributed by atoms with van der Waals surface area (Å²) in [4.78, 5) is 4.06. The Bertz CT molecular complexity index is 123. The number of hydrogen-bond acceptors (Lipinski definition) is 1. The lowest BCUT2D eigenvalue weighted by Crippen LogP contribution is -2.19. The van der Waals surface area contributed by atoms with Gasteiger partial charge in [0.1, 0.15) is 0 Å². The zero-order chi connectivity index (χ0) is 8.16. The van der Waals surface area contributed by atoms with Gasteiger partial charge >= 0.3 is 0 Å². The molecule has 0 aromatic heterocycles. The van der Waals surface area contributed by atoms with Gasteiger partial charge in [0.25, 0.3) is 0 Å². The van der Waals surface area contributed by atoms with Crippen LogP contribution in [0.2, 0.25) is 0 Å². The van der Waals surface area contributed by atoms with Crippen LogP contribution < -0.4 is 0 Å². The molecule has 1 aliphatic rings. The average molecular weight is 153 g/mol. The highest BCUT2D eigenvalue weighted by molar-refractivity contribution is 5.23. The third-order valence-corrected chi connectivity index (χ3v) is 2.89. The highest BCUT2D eigenvalue weighted by Crippen LogP contribution is 2.41. The SMILES string of the molecule is C=NCC1(CCC)CCCC1. The lowest BCUT2D eigenvalue weighted by Gasteiger charge is -2.25. The molecule has 1 aliphatic carbocycles. The van der Waals surface area contributed by atoms with E-state index < -0.39 is 0 Å². The third-order valence-electron chi connectivity index (χ3n) is 2.89. The van der Waals surface area contributed by atoms with Crippen molar-refractivity contribution in [1.82, 2.24) is 0 Å². The molecule has 1 rings (SSSR count). The van der Waals surface area contributed by atoms with Gasteiger partial charge in [-0.3, -0.25) is 0 Å². The Kier molecular flexibility index (Phi) is 3.10. The first-order chi connectivity index (χ1) is 5.33. The minimum absolute atomic E-state index is 0.566. The lowest BCUT2D eigenvalue weighted by atomic mass is 9.82. The second kappa shape index (κ2) is 3.89. The van der Waals surface area contributed by atoms with Gasteiger partial charge in [-0.1, -0.05) is 26.2 Å². The molecule has 11 heavy (non-hydrogen) atoms. The van der Waals surface area contributed by atoms with E-state index in [1.54, 1.807) is 0 Å². The maximum atomic E-state index is 4.06. The van der Waals surface area contributed by atoms with Gasteiger partial charge in [0.05, 0.1) is 0 Å². The molecular formula is C10H19N. The quantitative estimate of drug-likeness (QED) is 0.550. The molecule has 0 saturated heterocycles. The first-order valence-corrected chi connectivity index (χ1v) is 4.75. The molecule has 0 spiro atoms. The maximum absolute atomic E-state index is 4.06. The van der Waals surface area contributed by atoms with Gasteiger partial charge in [-0.15, -0.1) is 0 Å². The zero-order valence-electron chi connectivity index (χ0n) is 7.60. The van der Waals surface area contributed by atoms with Crippen molar-refractivity contribution in [2.75, 3.05) is 6.54 Å². The Morgan fingerprint density at radius 1 is 1.36 bits per heavy atom. The van der Waals surface area contributed by atoms with Crippen molar-refractivity contribution in [3.05, 3.63) is 0 Å². The predicted octanol–water partition coefficient (Wildman–Crippen LogP) is 3.05. The van der Waals surface area contributed by atoms with Crippen LogP contribution in [0.3, 0.4) is 0 Å². The number of rotatable bonds is 4. The van der Waals surface area contributed by atoms with Crippen LogP contribution in [-0.2, 0) is 0 Å². The molecule has 0 heterocycles. The van der Waals surface area contributed by atoms with E-state index in [0.29, 0.717) is 5.41 Å². The summed E-state index contributed by atoms with van der Waals surface area (Å²) in [5, 5.41) is 0. The molecule has 0 aromatic carbocycles. The van der Waals surface area contributed by atoms with Crippen LogP contribution in [0.5, 0.6) is 0 Å². The number of nitrogens with zero attached hydrogens (tertiary/aromatic N) is 1. The molecule has 1 fully saturated rings. The molecule has 1 nitrogen and oxygen atoms in total. The average Bonchev–Trinajstić information content (AvgIpc) is 2.39. The van der Waals surface area contributed by atoms with Crippen molar-refractivity contribution in [2.24, 2.45) is 10.4 Å². The summed E-state index contributed by atoms with van der Waals surface area (Å²) in [6.07, 6.45) is 8.26. The van der Waals surface area contributed by atoms with Gasteiger partial charge in [0.15, 0.2) is 0 Å². The summed E-state index contributed by atoms with van der Waals surface area (Å²) in [6, 6.07) is 0. The summed E-state index contributed by atoms with van der Waals surface area (Å²) >= 11 is 0. The zero-order valence-corrected chi connectivity index (χ0v) is 7.60. The van der Waals surface area contributed by atoms with Gasteiger partial charge in [-0.2, -0.15) is 0 Å². The van der Waals surface area contributed by atoms with E-state index in [1.165, 1.54) is 38.5 Å². The summed E-state index contributed by atoms with van der Waals surface area (Å²) in [5.41, 5.74) is 0.566. The molecule has 0 N–H and O–H groups in total. The van der Waals surface area contributed by atoms with Crippen LogP contribution in [0.25, 0.3) is 0 Å². The lowest BCUT2D eigenvalue weighted by molar-refractivity contribution is 0.281. The van der Waals surface area contributed by atoms with Crippen molar-refractivity contribution in [2.45, 2.75) is 45.4 Å². The second-order valence-corrected chi connectivity index (χ2v) is 3.84. The molecule has 64 valence electrons. The fraction of sp³-hybridized carbons (Fsp3) is 0.900. The van der Waals surface area contributed by atoms with Gasteiger partial charge in [0, 0.05) is 6.54 Å². The smallest absolute Gasteiger partial charge is 0.0438 e. The Morgan fingerprint density at radius 2 is 2.00 bits per heavy atom. The number of aliphatic imine (C=N–C) groups is 1. The van der Waals surface area contributed by atoms with Crippen LogP contribution >= 0.6 is 0 Å². The van der Waals surface area contributed by atoms with Crippen molar-refractivity contribution < 1.29 is 0 Å². The summed E-state index contributed by atoms with van der Waals surface area (Å²) in [5.74, 6) is 0. The molecule has 1 heteroatoms. The van der Waals surface area contributed by atoms with E-state index in [4.69, 9.17) is 0 Å². The largest absolute Gasteiger partial charge is 0.300 e. The topological polar surface area (TPSA) is 12.4 Å². The molecular weight excluding hydrogens is 134 g/mol. The third kappa shape index (κ3) is 2.05. The molecule has 0 aliphatic heterocycles. The predicted molar refractivity (Wildman–Crippen MR) is 50.2 cm³/mol. The maximum Gasteiger partial charge on any atom is 0.0438 e. The van der Waals surface area contributed by atoms with E-state index in [0.717, 1.165) is 6.54 Å². The fourth-order valence-corrected chi connectivity index (χ4v) is 2.38. The van der Waals surface area contributed by atoms with Crippen LogP contribution in [0, 0.1) is 5.41 Å². The van der Waals surface area contributed by atoms with Crippen molar-refractivity contribution >= 4 is 6.72 Å². The molecule has 0 aromatic rings. The second-order valence-electron chi connectivity index (χ2n) is 3.84. The van der Waals surface area contributed by atoms with E-state index in [-0.39, 0.29) is 0 Å². The minimum atomic E-state index is 0.566. The van der Waals surface area contributed by atoms with E-state index in [2.05, 4.69) is 18.6 Å². The normalized spacial score (nSPS) is 21.9. The highest BCUT2D eigenvalue weighted by atomic mass is 14.7. The first-order valence-electron chi connectivity index (χ1n) is 4.75. The van der Waals surface area contributed by atoms with Crippen LogP contribution in [0.1, 0.15) is 45.4 Å². The summed E-state index contributed by atoms with van der Waals surface area (Å²) in [6.45, 7) is 6.87. The van der Waals surface area contributed by atoms with Gasteiger partial charge in [-0.05, 0) is 31.4 Å². The van der Waals surface area contributed by atoms with Gasteiger partial charge in [-0.25, -0.2) is 0 Å². The fourth-order valence-electron chi connectivity index (χ4n) is 2.38. The van der Waals surface area contributed by atoms with Crippen molar-refractivity contribution in [3.8, 4) is 0 Å². The van der Waals surface area contributed by atoms with Gasteiger partial charge in [0.2, 0.25) is 0 Å². The first kappa shape index (κ1) is 8.76. The molecule has 0 atom stereocenters.